The number of fused-ring (bicyclic) bond motifs is 1. The van der Waals surface area contributed by atoms with E-state index in [9.17, 15) is 0 Å². The van der Waals surface area contributed by atoms with Crippen LogP contribution in [0.4, 0.5) is 0 Å². The second kappa shape index (κ2) is 5.92. The van der Waals surface area contributed by atoms with E-state index < -0.39 is 0 Å². The molecule has 2 nitrogen and oxygen atoms in total. The van der Waals surface area contributed by atoms with Gasteiger partial charge in [0.15, 0.2) is 0 Å². The highest BCUT2D eigenvalue weighted by Crippen LogP contribution is 2.23. The summed E-state index contributed by atoms with van der Waals surface area (Å²) >= 11 is 5.84. The Bertz CT molecular complexity index is 492. The van der Waals surface area contributed by atoms with Crippen molar-refractivity contribution in [3.05, 3.63) is 42.7 Å². The molecule has 0 amide bonds. The summed E-state index contributed by atoms with van der Waals surface area (Å²) in [5, 5.41) is 2.16. The molecule has 4 heteroatoms. The molecular formula is C12H12N2S2. The maximum atomic E-state index is 4.30. The molecule has 2 aromatic rings. The predicted octanol–water partition coefficient (Wildman–Crippen LogP) is 3.21. The Labute approximate surface area is 105 Å². The zero-order chi connectivity index (χ0) is 11.2. The summed E-state index contributed by atoms with van der Waals surface area (Å²) in [6, 6.07) is 8.06. The van der Waals surface area contributed by atoms with Gasteiger partial charge >= 0.3 is 0 Å². The van der Waals surface area contributed by atoms with E-state index in [2.05, 4.69) is 34.7 Å². The standard InChI is InChI=1S/C12H12N2S2/c15-7-3-4-8-16-12-10-5-1-2-6-11(10)13-9-14-12/h1-6,9,15H,7-8H2. The monoisotopic (exact) mass is 248 g/mol. The molecule has 82 valence electrons. The fraction of sp³-hybridized carbons (Fsp3) is 0.167. The molecule has 0 radical (unpaired) electrons. The van der Waals surface area contributed by atoms with Gasteiger partial charge in [-0.15, -0.1) is 11.8 Å². The maximum absolute atomic E-state index is 4.30. The Kier molecular flexibility index (Phi) is 4.25. The second-order valence-electron chi connectivity index (χ2n) is 3.16. The number of rotatable bonds is 4. The minimum absolute atomic E-state index is 0.783. The van der Waals surface area contributed by atoms with Gasteiger partial charge in [0, 0.05) is 16.9 Å². The van der Waals surface area contributed by atoms with Crippen LogP contribution in [0.3, 0.4) is 0 Å². The average Bonchev–Trinajstić information content (AvgIpc) is 2.35. The highest BCUT2D eigenvalue weighted by Gasteiger charge is 2.01. The van der Waals surface area contributed by atoms with Crippen molar-refractivity contribution in [1.29, 1.82) is 0 Å². The van der Waals surface area contributed by atoms with Crippen molar-refractivity contribution in [3.8, 4) is 0 Å². The fourth-order valence-corrected chi connectivity index (χ4v) is 2.35. The van der Waals surface area contributed by atoms with E-state index in [1.165, 1.54) is 0 Å². The lowest BCUT2D eigenvalue weighted by Gasteiger charge is -2.02. The topological polar surface area (TPSA) is 25.8 Å². The van der Waals surface area contributed by atoms with Crippen LogP contribution in [0.2, 0.25) is 0 Å². The van der Waals surface area contributed by atoms with Crippen LogP contribution in [-0.2, 0) is 0 Å². The van der Waals surface area contributed by atoms with E-state index in [0.717, 1.165) is 27.4 Å². The van der Waals surface area contributed by atoms with Crippen LogP contribution in [0.1, 0.15) is 0 Å². The van der Waals surface area contributed by atoms with E-state index >= 15 is 0 Å². The van der Waals surface area contributed by atoms with E-state index in [1.807, 2.05) is 24.3 Å². The first-order valence-corrected chi connectivity index (χ1v) is 6.62. The number of hydrogen-bond donors (Lipinski definition) is 1. The normalized spacial score (nSPS) is 11.3. The molecule has 2 rings (SSSR count). The number of thioether (sulfide) groups is 1. The van der Waals surface area contributed by atoms with Crippen molar-refractivity contribution in [2.45, 2.75) is 5.03 Å². The van der Waals surface area contributed by atoms with Crippen molar-refractivity contribution < 1.29 is 0 Å². The Balaban J connectivity index is 2.20. The summed E-state index contributed by atoms with van der Waals surface area (Å²) < 4.78 is 0. The molecule has 0 aliphatic rings. The number of benzene rings is 1. The van der Waals surface area contributed by atoms with E-state index in [4.69, 9.17) is 0 Å². The van der Waals surface area contributed by atoms with Crippen LogP contribution in [-0.4, -0.2) is 21.5 Å². The summed E-state index contributed by atoms with van der Waals surface area (Å²) in [4.78, 5) is 8.53. The average molecular weight is 248 g/mol. The molecular weight excluding hydrogens is 236 g/mol. The van der Waals surface area contributed by atoms with Gasteiger partial charge in [0.05, 0.1) is 5.52 Å². The van der Waals surface area contributed by atoms with Crippen molar-refractivity contribution in [2.24, 2.45) is 0 Å². The van der Waals surface area contributed by atoms with Gasteiger partial charge in [-0.1, -0.05) is 30.4 Å². The van der Waals surface area contributed by atoms with Crippen LogP contribution < -0.4 is 0 Å². The molecule has 0 aliphatic heterocycles. The quantitative estimate of drug-likeness (QED) is 0.389. The molecule has 0 N–H and O–H groups in total. The first kappa shape index (κ1) is 11.5. The molecule has 0 saturated carbocycles. The molecule has 0 saturated heterocycles. The fourth-order valence-electron chi connectivity index (χ4n) is 1.36. The zero-order valence-electron chi connectivity index (χ0n) is 8.71. The third-order valence-corrected chi connectivity index (χ3v) is 3.26. The molecule has 0 bridgehead atoms. The van der Waals surface area contributed by atoms with E-state index in [0.29, 0.717) is 0 Å². The van der Waals surface area contributed by atoms with Crippen LogP contribution in [0.15, 0.2) is 47.8 Å². The van der Waals surface area contributed by atoms with Crippen LogP contribution in [0, 0.1) is 0 Å². The third kappa shape index (κ3) is 2.77. The number of thiol groups is 1. The largest absolute Gasteiger partial charge is 0.236 e. The van der Waals surface area contributed by atoms with Gasteiger partial charge in [-0.25, -0.2) is 9.97 Å². The number of aromatic nitrogens is 2. The number of nitrogens with zero attached hydrogens (tertiary/aromatic N) is 2. The lowest BCUT2D eigenvalue weighted by molar-refractivity contribution is 1.10. The Morgan fingerprint density at radius 2 is 2.06 bits per heavy atom. The molecule has 1 heterocycles. The zero-order valence-corrected chi connectivity index (χ0v) is 10.4. The summed E-state index contributed by atoms with van der Waals surface area (Å²) in [5.41, 5.74) is 0.998. The Morgan fingerprint density at radius 1 is 1.19 bits per heavy atom. The first-order valence-electron chi connectivity index (χ1n) is 5.00. The van der Waals surface area contributed by atoms with E-state index in [1.54, 1.807) is 18.1 Å². The Hall–Kier alpha value is -1.00. The van der Waals surface area contributed by atoms with Gasteiger partial charge in [0.1, 0.15) is 11.4 Å². The van der Waals surface area contributed by atoms with Crippen LogP contribution >= 0.6 is 24.4 Å². The van der Waals surface area contributed by atoms with Crippen molar-refractivity contribution >= 4 is 35.3 Å². The second-order valence-corrected chi connectivity index (χ2v) is 4.53. The van der Waals surface area contributed by atoms with Gasteiger partial charge in [0.25, 0.3) is 0 Å². The van der Waals surface area contributed by atoms with Gasteiger partial charge in [-0.2, -0.15) is 12.6 Å². The predicted molar refractivity (Wildman–Crippen MR) is 73.3 cm³/mol. The van der Waals surface area contributed by atoms with Crippen molar-refractivity contribution in [1.82, 2.24) is 9.97 Å². The minimum Gasteiger partial charge on any atom is -0.236 e. The van der Waals surface area contributed by atoms with Gasteiger partial charge in [-0.3, -0.25) is 0 Å². The highest BCUT2D eigenvalue weighted by molar-refractivity contribution is 7.99. The smallest absolute Gasteiger partial charge is 0.117 e. The molecule has 0 fully saturated rings. The number of para-hydroxylation sites is 1. The molecule has 0 atom stereocenters. The lowest BCUT2D eigenvalue weighted by atomic mass is 10.2. The summed E-state index contributed by atoms with van der Waals surface area (Å²) in [6.45, 7) is 0. The first-order chi connectivity index (χ1) is 7.92. The maximum Gasteiger partial charge on any atom is 0.117 e. The SMILES string of the molecule is SCC=CCSc1ncnc2ccccc12. The minimum atomic E-state index is 0.783. The van der Waals surface area contributed by atoms with Crippen LogP contribution in [0.5, 0.6) is 0 Å². The summed E-state index contributed by atoms with van der Waals surface area (Å²) in [5.74, 6) is 1.70. The molecule has 16 heavy (non-hydrogen) atoms. The van der Waals surface area contributed by atoms with Gasteiger partial charge in [-0.05, 0) is 6.07 Å². The highest BCUT2D eigenvalue weighted by atomic mass is 32.2. The molecule has 0 spiro atoms. The summed E-state index contributed by atoms with van der Waals surface area (Å²) in [7, 11) is 0. The Morgan fingerprint density at radius 3 is 2.94 bits per heavy atom. The van der Waals surface area contributed by atoms with Crippen molar-refractivity contribution in [3.63, 3.8) is 0 Å². The number of hydrogen-bond acceptors (Lipinski definition) is 4. The molecule has 0 aliphatic carbocycles. The summed E-state index contributed by atoms with van der Waals surface area (Å²) in [6.07, 6.45) is 5.76. The van der Waals surface area contributed by atoms with E-state index in [-0.39, 0.29) is 0 Å². The molecule has 1 aromatic carbocycles. The lowest BCUT2D eigenvalue weighted by Crippen LogP contribution is -1.86. The van der Waals surface area contributed by atoms with Crippen molar-refractivity contribution in [2.75, 3.05) is 11.5 Å². The van der Waals surface area contributed by atoms with Gasteiger partial charge < -0.3 is 0 Å². The molecule has 0 unspecified atom stereocenters. The van der Waals surface area contributed by atoms with Crippen LogP contribution in [0.25, 0.3) is 10.9 Å². The molecule has 1 aromatic heterocycles. The van der Waals surface area contributed by atoms with Gasteiger partial charge in [0.2, 0.25) is 0 Å². The third-order valence-electron chi connectivity index (χ3n) is 2.09.